The summed E-state index contributed by atoms with van der Waals surface area (Å²) in [6.45, 7) is 3.30. The fourth-order valence-electron chi connectivity index (χ4n) is 1.30. The molecule has 0 aromatic heterocycles. The van der Waals surface area contributed by atoms with Crippen LogP contribution in [0.2, 0.25) is 0 Å². The van der Waals surface area contributed by atoms with E-state index in [2.05, 4.69) is 5.32 Å². The van der Waals surface area contributed by atoms with Crippen LogP contribution in [0, 0.1) is 0 Å². The summed E-state index contributed by atoms with van der Waals surface area (Å²) in [5.41, 5.74) is -0.430. The third kappa shape index (κ3) is 1.19. The summed E-state index contributed by atoms with van der Waals surface area (Å²) < 4.78 is 5.40. The Balaban J connectivity index is 2.51. The van der Waals surface area contributed by atoms with Crippen LogP contribution < -0.4 is 10.1 Å². The molecular formula is C10H11NO3. The van der Waals surface area contributed by atoms with Crippen molar-refractivity contribution in [2.45, 2.75) is 19.4 Å². The summed E-state index contributed by atoms with van der Waals surface area (Å²) in [6.07, 6.45) is 0. The van der Waals surface area contributed by atoms with Gasteiger partial charge in [-0.15, -0.1) is 0 Å². The van der Waals surface area contributed by atoms with Crippen molar-refractivity contribution in [2.75, 3.05) is 5.32 Å². The van der Waals surface area contributed by atoms with Gasteiger partial charge < -0.3 is 15.2 Å². The summed E-state index contributed by atoms with van der Waals surface area (Å²) >= 11 is 0. The van der Waals surface area contributed by atoms with E-state index >= 15 is 0 Å². The average Bonchev–Trinajstić information content (AvgIpc) is 2.09. The number of phenolic OH excluding ortho intramolecular Hbond substituents is 1. The Labute approximate surface area is 81.5 Å². The number of hydrogen-bond donors (Lipinski definition) is 2. The van der Waals surface area contributed by atoms with E-state index in [1.807, 2.05) is 0 Å². The van der Waals surface area contributed by atoms with Crippen molar-refractivity contribution in [1.82, 2.24) is 0 Å². The highest BCUT2D eigenvalue weighted by Crippen LogP contribution is 2.40. The number of rotatable bonds is 0. The van der Waals surface area contributed by atoms with Gasteiger partial charge in [-0.2, -0.15) is 0 Å². The second kappa shape index (κ2) is 2.64. The van der Waals surface area contributed by atoms with Crippen LogP contribution in [0.4, 0.5) is 5.69 Å². The summed E-state index contributed by atoms with van der Waals surface area (Å²) in [5, 5.41) is 12.2. The normalized spacial score (nSPS) is 18.0. The molecule has 0 radical (unpaired) electrons. The lowest BCUT2D eigenvalue weighted by molar-refractivity contribution is -0.129. The molecular weight excluding hydrogens is 182 g/mol. The fraction of sp³-hybridized carbons (Fsp3) is 0.300. The lowest BCUT2D eigenvalue weighted by Gasteiger charge is -2.31. The molecule has 1 aliphatic rings. The number of nitrogens with one attached hydrogen (secondary N) is 1. The Morgan fingerprint density at radius 1 is 1.43 bits per heavy atom. The fourth-order valence-corrected chi connectivity index (χ4v) is 1.30. The molecule has 0 atom stereocenters. The van der Waals surface area contributed by atoms with Crippen LogP contribution in [-0.4, -0.2) is 16.6 Å². The van der Waals surface area contributed by atoms with E-state index < -0.39 is 5.60 Å². The van der Waals surface area contributed by atoms with E-state index in [1.165, 1.54) is 6.07 Å². The third-order valence-electron chi connectivity index (χ3n) is 2.15. The minimum atomic E-state index is -0.939. The second-order valence-corrected chi connectivity index (χ2v) is 3.72. The number of carbonyl (C=O) groups excluding carboxylic acids is 1. The summed E-state index contributed by atoms with van der Waals surface area (Å²) in [6, 6.07) is 4.85. The Morgan fingerprint density at radius 2 is 2.14 bits per heavy atom. The number of fused-ring (bicyclic) bond motifs is 1. The van der Waals surface area contributed by atoms with E-state index in [4.69, 9.17) is 4.74 Å². The van der Waals surface area contributed by atoms with E-state index in [9.17, 15) is 9.90 Å². The number of amides is 1. The molecule has 1 aliphatic heterocycles. The number of benzene rings is 1. The van der Waals surface area contributed by atoms with E-state index in [0.29, 0.717) is 11.4 Å². The largest absolute Gasteiger partial charge is 0.504 e. The quantitative estimate of drug-likeness (QED) is 0.656. The first-order chi connectivity index (χ1) is 6.50. The van der Waals surface area contributed by atoms with Gasteiger partial charge in [-0.25, -0.2) is 0 Å². The Kier molecular flexibility index (Phi) is 1.67. The first-order valence-corrected chi connectivity index (χ1v) is 4.33. The van der Waals surface area contributed by atoms with Gasteiger partial charge in [0.1, 0.15) is 0 Å². The van der Waals surface area contributed by atoms with Crippen LogP contribution in [0.25, 0.3) is 0 Å². The zero-order valence-corrected chi connectivity index (χ0v) is 8.00. The van der Waals surface area contributed by atoms with Gasteiger partial charge in [-0.05, 0) is 26.0 Å². The molecule has 74 valence electrons. The maximum atomic E-state index is 11.5. The van der Waals surface area contributed by atoms with Crippen LogP contribution in [0.1, 0.15) is 13.8 Å². The van der Waals surface area contributed by atoms with Crippen molar-refractivity contribution >= 4 is 11.6 Å². The first kappa shape index (κ1) is 8.87. The van der Waals surface area contributed by atoms with Crippen LogP contribution in [0.5, 0.6) is 11.5 Å². The van der Waals surface area contributed by atoms with Crippen molar-refractivity contribution in [3.05, 3.63) is 18.2 Å². The number of para-hydroxylation sites is 1. The molecule has 2 N–H and O–H groups in total. The van der Waals surface area contributed by atoms with Crippen molar-refractivity contribution in [2.24, 2.45) is 0 Å². The molecule has 0 fully saturated rings. The highest BCUT2D eigenvalue weighted by molar-refractivity contribution is 6.00. The van der Waals surface area contributed by atoms with Crippen LogP contribution in [0.15, 0.2) is 18.2 Å². The first-order valence-electron chi connectivity index (χ1n) is 4.33. The Bertz CT molecular complexity index is 398. The number of aromatic hydroxyl groups is 1. The molecule has 1 heterocycles. The van der Waals surface area contributed by atoms with Gasteiger partial charge >= 0.3 is 0 Å². The maximum absolute atomic E-state index is 11.5. The molecule has 2 rings (SSSR count). The average molecular weight is 193 g/mol. The smallest absolute Gasteiger partial charge is 0.268 e. The van der Waals surface area contributed by atoms with Gasteiger partial charge in [-0.1, -0.05) is 6.07 Å². The lowest BCUT2D eigenvalue weighted by Crippen LogP contribution is -2.45. The van der Waals surface area contributed by atoms with Crippen molar-refractivity contribution < 1.29 is 14.6 Å². The number of hydrogen-bond acceptors (Lipinski definition) is 3. The molecule has 0 saturated carbocycles. The monoisotopic (exact) mass is 193 g/mol. The predicted octanol–water partition coefficient (Wildman–Crippen LogP) is 1.50. The van der Waals surface area contributed by atoms with Crippen LogP contribution >= 0.6 is 0 Å². The van der Waals surface area contributed by atoms with Crippen LogP contribution in [-0.2, 0) is 4.79 Å². The molecule has 1 aromatic carbocycles. The molecule has 4 heteroatoms. The number of ether oxygens (including phenoxy) is 1. The minimum absolute atomic E-state index is 0.0376. The van der Waals surface area contributed by atoms with Gasteiger partial charge in [0, 0.05) is 0 Å². The third-order valence-corrected chi connectivity index (χ3v) is 2.15. The summed E-state index contributed by atoms with van der Waals surface area (Å²) in [4.78, 5) is 11.5. The number of carbonyl (C=O) groups is 1. The molecule has 0 bridgehead atoms. The van der Waals surface area contributed by atoms with Gasteiger partial charge in [0.2, 0.25) is 0 Å². The lowest BCUT2D eigenvalue weighted by atomic mass is 10.1. The molecule has 1 amide bonds. The van der Waals surface area contributed by atoms with Crippen molar-refractivity contribution in [1.29, 1.82) is 0 Å². The number of phenols is 1. The summed E-state index contributed by atoms with van der Waals surface area (Å²) in [7, 11) is 0. The van der Waals surface area contributed by atoms with E-state index in [1.54, 1.807) is 26.0 Å². The van der Waals surface area contributed by atoms with E-state index in [-0.39, 0.29) is 11.7 Å². The molecule has 0 unspecified atom stereocenters. The van der Waals surface area contributed by atoms with Gasteiger partial charge in [0.05, 0.1) is 5.69 Å². The second-order valence-electron chi connectivity index (χ2n) is 3.72. The Morgan fingerprint density at radius 3 is 2.86 bits per heavy atom. The highest BCUT2D eigenvalue weighted by Gasteiger charge is 2.36. The highest BCUT2D eigenvalue weighted by atomic mass is 16.5. The zero-order chi connectivity index (χ0) is 10.3. The van der Waals surface area contributed by atoms with Gasteiger partial charge in [0.15, 0.2) is 17.1 Å². The predicted molar refractivity (Wildman–Crippen MR) is 51.4 cm³/mol. The molecule has 4 nitrogen and oxygen atoms in total. The summed E-state index contributed by atoms with van der Waals surface area (Å²) in [5.74, 6) is 0.156. The van der Waals surface area contributed by atoms with Gasteiger partial charge in [-0.3, -0.25) is 4.79 Å². The minimum Gasteiger partial charge on any atom is -0.504 e. The SMILES string of the molecule is CC1(C)Oc2c(O)cccc2NC1=O. The zero-order valence-electron chi connectivity index (χ0n) is 8.00. The van der Waals surface area contributed by atoms with Crippen molar-refractivity contribution in [3.63, 3.8) is 0 Å². The maximum Gasteiger partial charge on any atom is 0.268 e. The standard InChI is InChI=1S/C10H11NO3/c1-10(2)9(13)11-6-4-3-5-7(12)8(6)14-10/h3-5,12H,1-2H3,(H,11,13). The molecule has 1 aromatic rings. The molecule has 0 aliphatic carbocycles. The van der Waals surface area contributed by atoms with Crippen molar-refractivity contribution in [3.8, 4) is 11.5 Å². The topological polar surface area (TPSA) is 58.6 Å². The molecule has 0 saturated heterocycles. The van der Waals surface area contributed by atoms with Crippen LogP contribution in [0.3, 0.4) is 0 Å². The van der Waals surface area contributed by atoms with E-state index in [0.717, 1.165) is 0 Å². The molecule has 14 heavy (non-hydrogen) atoms. The number of anilines is 1. The molecule has 0 spiro atoms. The van der Waals surface area contributed by atoms with Gasteiger partial charge in [0.25, 0.3) is 5.91 Å². The Hall–Kier alpha value is -1.71.